The molecular formula is C48H43N2OP. The van der Waals surface area contributed by atoms with Gasteiger partial charge in [0.1, 0.15) is 5.60 Å². The number of allylic oxidation sites excluding steroid dienone is 1. The molecule has 4 heteroatoms. The Balaban J connectivity index is 0.000000232. The van der Waals surface area contributed by atoms with Crippen LogP contribution in [0.5, 0.6) is 0 Å². The Labute approximate surface area is 307 Å². The van der Waals surface area contributed by atoms with Crippen LogP contribution in [-0.4, -0.2) is 10.8 Å². The molecule has 256 valence electrons. The van der Waals surface area contributed by atoms with E-state index in [1.807, 2.05) is 18.2 Å². The third kappa shape index (κ3) is 6.66. The number of fused-ring (bicyclic) bond motifs is 2. The van der Waals surface area contributed by atoms with Crippen LogP contribution >= 0.6 is 7.92 Å². The SMILES string of the molecule is NC1=C(N)c2cc3ccc([C@]4(O)C=CC(P(c5ccccc5)c5ccccc5)CC4)cc3c3cccc1c23.c1ccc(CCc2ccccc2)cc1. The van der Waals surface area contributed by atoms with E-state index in [0.717, 1.165) is 57.5 Å². The third-order valence-electron chi connectivity index (χ3n) is 10.6. The summed E-state index contributed by atoms with van der Waals surface area (Å²) in [5.41, 5.74) is 19.1. The average Bonchev–Trinajstić information content (AvgIpc) is 3.45. The minimum absolute atomic E-state index is 0.368. The van der Waals surface area contributed by atoms with E-state index >= 15 is 0 Å². The van der Waals surface area contributed by atoms with Crippen molar-refractivity contribution < 1.29 is 5.11 Å². The molecule has 1 unspecified atom stereocenters. The van der Waals surface area contributed by atoms with Gasteiger partial charge in [0.25, 0.3) is 0 Å². The summed E-state index contributed by atoms with van der Waals surface area (Å²) in [5, 5.41) is 19.1. The zero-order valence-electron chi connectivity index (χ0n) is 29.2. The molecule has 0 radical (unpaired) electrons. The summed E-state index contributed by atoms with van der Waals surface area (Å²) in [4.78, 5) is 0. The molecule has 3 nitrogen and oxygen atoms in total. The highest BCUT2D eigenvalue weighted by molar-refractivity contribution is 7.73. The molecule has 2 aliphatic rings. The lowest BCUT2D eigenvalue weighted by molar-refractivity contribution is 0.0732. The summed E-state index contributed by atoms with van der Waals surface area (Å²) < 4.78 is 0. The Morgan fingerprint density at radius 2 is 1.13 bits per heavy atom. The molecule has 0 saturated carbocycles. The van der Waals surface area contributed by atoms with Crippen LogP contribution in [0.2, 0.25) is 0 Å². The van der Waals surface area contributed by atoms with Gasteiger partial charge in [0.15, 0.2) is 0 Å². The maximum Gasteiger partial charge on any atom is 0.108 e. The molecule has 0 aliphatic heterocycles. The molecule has 2 atom stereocenters. The van der Waals surface area contributed by atoms with Crippen LogP contribution in [0.15, 0.2) is 176 Å². The quantitative estimate of drug-likeness (QED) is 0.0884. The van der Waals surface area contributed by atoms with E-state index in [4.69, 9.17) is 11.5 Å². The lowest BCUT2D eigenvalue weighted by Crippen LogP contribution is -2.31. The first-order chi connectivity index (χ1) is 25.5. The number of rotatable bonds is 7. The van der Waals surface area contributed by atoms with Crippen LogP contribution in [0.4, 0.5) is 0 Å². The first-order valence-corrected chi connectivity index (χ1v) is 19.5. The lowest BCUT2D eigenvalue weighted by atomic mass is 9.83. The summed E-state index contributed by atoms with van der Waals surface area (Å²) in [6, 6.07) is 57.5. The van der Waals surface area contributed by atoms with Crippen molar-refractivity contribution in [1.82, 2.24) is 0 Å². The van der Waals surface area contributed by atoms with Crippen molar-refractivity contribution in [3.05, 3.63) is 204 Å². The van der Waals surface area contributed by atoms with E-state index in [9.17, 15) is 5.11 Å². The molecule has 0 heterocycles. The monoisotopic (exact) mass is 694 g/mol. The number of aryl methyl sites for hydroxylation is 2. The molecule has 0 bridgehead atoms. The molecule has 52 heavy (non-hydrogen) atoms. The molecule has 5 N–H and O–H groups in total. The maximum absolute atomic E-state index is 11.9. The van der Waals surface area contributed by atoms with E-state index in [1.165, 1.54) is 21.7 Å². The summed E-state index contributed by atoms with van der Waals surface area (Å²) in [7, 11) is -0.566. The number of hydrogen-bond donors (Lipinski definition) is 3. The van der Waals surface area contributed by atoms with Crippen LogP contribution < -0.4 is 22.1 Å². The highest BCUT2D eigenvalue weighted by Crippen LogP contribution is 2.48. The topological polar surface area (TPSA) is 72.3 Å². The normalized spacial score (nSPS) is 17.8. The van der Waals surface area contributed by atoms with Gasteiger partial charge in [-0.15, -0.1) is 0 Å². The second kappa shape index (κ2) is 14.6. The number of hydrogen-bond acceptors (Lipinski definition) is 3. The highest BCUT2D eigenvalue weighted by Gasteiger charge is 2.34. The number of aliphatic hydroxyl groups is 1. The molecule has 0 spiro atoms. The molecular weight excluding hydrogens is 652 g/mol. The largest absolute Gasteiger partial charge is 0.397 e. The van der Waals surface area contributed by atoms with Crippen molar-refractivity contribution in [2.45, 2.75) is 36.9 Å². The standard InChI is InChI=1S/C34H29N2OP.C14H14/c35-32-28-13-7-12-27-29-21-23(15-14-22(29)20-30(31(27)28)33(32)36)34(37)18-16-26(17-19-34)38(24-8-3-1-4-9-24)25-10-5-2-6-11-25;1-3-7-13(8-4-1)11-12-14-9-5-2-6-10-14/h1-16,18,20-21,26,37H,17,19,35-36H2;1-10H,11-12H2/t26?,34-;/m0./s1. The summed E-state index contributed by atoms with van der Waals surface area (Å²) in [6.45, 7) is 0. The first kappa shape index (κ1) is 33.7. The Morgan fingerprint density at radius 3 is 1.69 bits per heavy atom. The molecule has 7 aromatic carbocycles. The van der Waals surface area contributed by atoms with Crippen molar-refractivity contribution in [2.24, 2.45) is 11.5 Å². The summed E-state index contributed by atoms with van der Waals surface area (Å²) in [5.74, 6) is 0. The summed E-state index contributed by atoms with van der Waals surface area (Å²) in [6.07, 6.45) is 8.16. The van der Waals surface area contributed by atoms with Gasteiger partial charge in [-0.1, -0.05) is 164 Å². The average molecular weight is 695 g/mol. The van der Waals surface area contributed by atoms with Gasteiger partial charge in [-0.2, -0.15) is 0 Å². The van der Waals surface area contributed by atoms with E-state index in [2.05, 4.69) is 158 Å². The molecule has 9 rings (SSSR count). The molecule has 0 fully saturated rings. The van der Waals surface area contributed by atoms with Gasteiger partial charge in [-0.25, -0.2) is 0 Å². The maximum atomic E-state index is 11.9. The van der Waals surface area contributed by atoms with Crippen LogP contribution in [0, 0.1) is 0 Å². The van der Waals surface area contributed by atoms with Crippen molar-refractivity contribution in [3.63, 3.8) is 0 Å². The second-order valence-corrected chi connectivity index (χ2v) is 16.3. The molecule has 7 aromatic rings. The predicted molar refractivity (Wildman–Crippen MR) is 222 cm³/mol. The van der Waals surface area contributed by atoms with Gasteiger partial charge in [0.05, 0.1) is 11.4 Å². The lowest BCUT2D eigenvalue weighted by Gasteiger charge is -2.35. The van der Waals surface area contributed by atoms with Crippen molar-refractivity contribution in [2.75, 3.05) is 0 Å². The molecule has 0 saturated heterocycles. The van der Waals surface area contributed by atoms with Gasteiger partial charge in [0.2, 0.25) is 0 Å². The molecule has 2 aliphatic carbocycles. The van der Waals surface area contributed by atoms with E-state index < -0.39 is 13.5 Å². The van der Waals surface area contributed by atoms with Crippen molar-refractivity contribution in [1.29, 1.82) is 0 Å². The van der Waals surface area contributed by atoms with Crippen LogP contribution in [0.1, 0.15) is 40.7 Å². The predicted octanol–water partition coefficient (Wildman–Crippen LogP) is 9.56. The fraction of sp³-hybridized carbons (Fsp3) is 0.125. The minimum Gasteiger partial charge on any atom is -0.397 e. The molecule has 0 aromatic heterocycles. The van der Waals surface area contributed by atoms with Crippen LogP contribution in [0.25, 0.3) is 32.9 Å². The number of nitrogens with two attached hydrogens (primary N) is 2. The Hall–Kier alpha value is -5.47. The second-order valence-electron chi connectivity index (χ2n) is 13.8. The van der Waals surface area contributed by atoms with E-state index in [1.54, 1.807) is 0 Å². The Kier molecular flexibility index (Phi) is 9.48. The van der Waals surface area contributed by atoms with Crippen molar-refractivity contribution in [3.8, 4) is 0 Å². The third-order valence-corrected chi connectivity index (χ3v) is 13.4. The minimum atomic E-state index is -1.00. The van der Waals surface area contributed by atoms with Crippen LogP contribution in [-0.2, 0) is 18.4 Å². The smallest absolute Gasteiger partial charge is 0.108 e. The highest BCUT2D eigenvalue weighted by atomic mass is 31.1. The van der Waals surface area contributed by atoms with Gasteiger partial charge in [-0.05, 0) is 89.2 Å². The van der Waals surface area contributed by atoms with Gasteiger partial charge in [0, 0.05) is 22.2 Å². The Bertz CT molecular complexity index is 2310. The zero-order valence-corrected chi connectivity index (χ0v) is 30.1. The fourth-order valence-corrected chi connectivity index (χ4v) is 10.5. The zero-order chi connectivity index (χ0) is 35.5. The fourth-order valence-electron chi connectivity index (χ4n) is 7.77. The number of benzene rings is 7. The van der Waals surface area contributed by atoms with Crippen molar-refractivity contribution >= 4 is 51.5 Å². The summed E-state index contributed by atoms with van der Waals surface area (Å²) >= 11 is 0. The van der Waals surface area contributed by atoms with E-state index in [0.29, 0.717) is 23.5 Å². The van der Waals surface area contributed by atoms with E-state index in [-0.39, 0.29) is 0 Å². The first-order valence-electron chi connectivity index (χ1n) is 18.1. The van der Waals surface area contributed by atoms with Gasteiger partial charge in [-0.3, -0.25) is 0 Å². The van der Waals surface area contributed by atoms with Crippen LogP contribution in [0.3, 0.4) is 0 Å². The Morgan fingerprint density at radius 1 is 0.577 bits per heavy atom. The van der Waals surface area contributed by atoms with Gasteiger partial charge >= 0.3 is 0 Å². The molecule has 0 amide bonds. The van der Waals surface area contributed by atoms with Gasteiger partial charge < -0.3 is 16.6 Å².